The van der Waals surface area contributed by atoms with E-state index in [2.05, 4.69) is 10.0 Å². The van der Waals surface area contributed by atoms with Crippen molar-refractivity contribution in [2.24, 2.45) is 5.41 Å². The van der Waals surface area contributed by atoms with Gasteiger partial charge in [0.25, 0.3) is 0 Å². The van der Waals surface area contributed by atoms with Crippen LogP contribution in [0.25, 0.3) is 0 Å². The zero-order valence-electron chi connectivity index (χ0n) is 11.2. The zero-order valence-corrected chi connectivity index (χ0v) is 12.1. The van der Waals surface area contributed by atoms with Crippen LogP contribution in [0.4, 0.5) is 8.78 Å². The smallest absolute Gasteiger partial charge is 0.240 e. The fourth-order valence-electron chi connectivity index (χ4n) is 2.24. The van der Waals surface area contributed by atoms with Crippen LogP contribution >= 0.6 is 0 Å². The standard InChI is InChI=1S/C13H18F2N2O2S/c1-13(2-4-16-5-3-13)9-17-20(18,19)12-7-10(14)6-11(15)8-12/h6-8,16-17H,2-5,9H2,1H3. The van der Waals surface area contributed by atoms with E-state index in [1.807, 2.05) is 6.92 Å². The summed E-state index contributed by atoms with van der Waals surface area (Å²) in [6.07, 6.45) is 1.71. The third kappa shape index (κ3) is 3.74. The third-order valence-corrected chi connectivity index (χ3v) is 5.03. The molecule has 1 aromatic carbocycles. The normalized spacial score (nSPS) is 18.9. The fraction of sp³-hybridized carbons (Fsp3) is 0.538. The van der Waals surface area contributed by atoms with E-state index in [1.165, 1.54) is 0 Å². The van der Waals surface area contributed by atoms with Crippen LogP contribution in [0.1, 0.15) is 19.8 Å². The van der Waals surface area contributed by atoms with Crippen molar-refractivity contribution in [2.75, 3.05) is 19.6 Å². The van der Waals surface area contributed by atoms with Gasteiger partial charge in [0, 0.05) is 12.6 Å². The molecule has 0 saturated carbocycles. The van der Waals surface area contributed by atoms with Crippen molar-refractivity contribution in [1.29, 1.82) is 0 Å². The van der Waals surface area contributed by atoms with E-state index >= 15 is 0 Å². The summed E-state index contributed by atoms with van der Waals surface area (Å²) < 4.78 is 52.8. The lowest BCUT2D eigenvalue weighted by atomic mass is 9.81. The third-order valence-electron chi connectivity index (χ3n) is 3.65. The van der Waals surface area contributed by atoms with Gasteiger partial charge in [-0.1, -0.05) is 6.92 Å². The zero-order chi connectivity index (χ0) is 14.8. The Morgan fingerprint density at radius 2 is 1.75 bits per heavy atom. The first-order chi connectivity index (χ1) is 9.31. The molecule has 0 spiro atoms. The van der Waals surface area contributed by atoms with Crippen molar-refractivity contribution in [2.45, 2.75) is 24.7 Å². The number of benzene rings is 1. The van der Waals surface area contributed by atoms with Crippen molar-refractivity contribution in [1.82, 2.24) is 10.0 Å². The predicted molar refractivity (Wildman–Crippen MR) is 71.8 cm³/mol. The minimum atomic E-state index is -3.89. The Bertz CT molecular complexity index is 564. The fourth-order valence-corrected chi connectivity index (χ4v) is 3.48. The minimum absolute atomic E-state index is 0.135. The molecule has 0 aromatic heterocycles. The summed E-state index contributed by atoms with van der Waals surface area (Å²) in [5.41, 5.74) is -0.135. The first kappa shape index (κ1) is 15.3. The average molecular weight is 304 g/mol. The lowest BCUT2D eigenvalue weighted by Gasteiger charge is -2.34. The molecule has 0 aliphatic carbocycles. The highest BCUT2D eigenvalue weighted by atomic mass is 32.2. The summed E-state index contributed by atoms with van der Waals surface area (Å²) >= 11 is 0. The Balaban J connectivity index is 2.11. The van der Waals surface area contributed by atoms with Crippen LogP contribution in [0.3, 0.4) is 0 Å². The highest BCUT2D eigenvalue weighted by molar-refractivity contribution is 7.89. The van der Waals surface area contributed by atoms with Crippen LogP contribution in [-0.4, -0.2) is 28.1 Å². The molecule has 20 heavy (non-hydrogen) atoms. The van der Waals surface area contributed by atoms with Gasteiger partial charge in [-0.25, -0.2) is 21.9 Å². The molecule has 2 rings (SSSR count). The first-order valence-corrected chi connectivity index (χ1v) is 7.96. The largest absolute Gasteiger partial charge is 0.317 e. The van der Waals surface area contributed by atoms with E-state index in [0.29, 0.717) is 6.07 Å². The van der Waals surface area contributed by atoms with Crippen LogP contribution in [-0.2, 0) is 10.0 Å². The maximum absolute atomic E-state index is 13.1. The Hall–Kier alpha value is -1.05. The number of rotatable bonds is 4. The van der Waals surface area contributed by atoms with Crippen molar-refractivity contribution in [3.63, 3.8) is 0 Å². The Morgan fingerprint density at radius 1 is 1.20 bits per heavy atom. The molecular formula is C13H18F2N2O2S. The summed E-state index contributed by atoms with van der Waals surface area (Å²) in [6, 6.07) is 2.28. The van der Waals surface area contributed by atoms with Crippen LogP contribution in [0.15, 0.2) is 23.1 Å². The Morgan fingerprint density at radius 3 is 2.30 bits per heavy atom. The Labute approximate surface area is 117 Å². The highest BCUT2D eigenvalue weighted by Gasteiger charge is 2.29. The maximum Gasteiger partial charge on any atom is 0.240 e. The lowest BCUT2D eigenvalue weighted by molar-refractivity contribution is 0.232. The molecule has 7 heteroatoms. The van der Waals surface area contributed by atoms with E-state index in [-0.39, 0.29) is 16.9 Å². The van der Waals surface area contributed by atoms with Crippen LogP contribution in [0.2, 0.25) is 0 Å². The number of piperidine rings is 1. The van der Waals surface area contributed by atoms with Gasteiger partial charge in [0.2, 0.25) is 10.0 Å². The summed E-state index contributed by atoms with van der Waals surface area (Å²) in [5.74, 6) is -1.81. The van der Waals surface area contributed by atoms with Gasteiger partial charge in [0.05, 0.1) is 4.90 Å². The number of halogens is 2. The van der Waals surface area contributed by atoms with Gasteiger partial charge in [0.1, 0.15) is 11.6 Å². The van der Waals surface area contributed by atoms with Crippen molar-refractivity contribution in [3.8, 4) is 0 Å². The maximum atomic E-state index is 13.1. The lowest BCUT2D eigenvalue weighted by Crippen LogP contribution is -2.42. The van der Waals surface area contributed by atoms with Crippen LogP contribution in [0, 0.1) is 17.0 Å². The van der Waals surface area contributed by atoms with Gasteiger partial charge in [-0.2, -0.15) is 0 Å². The molecule has 112 valence electrons. The molecule has 1 aromatic rings. The van der Waals surface area contributed by atoms with Gasteiger partial charge in [-0.05, 0) is 43.5 Å². The van der Waals surface area contributed by atoms with Gasteiger partial charge in [-0.15, -0.1) is 0 Å². The molecule has 0 unspecified atom stereocenters. The van der Waals surface area contributed by atoms with Crippen molar-refractivity contribution in [3.05, 3.63) is 29.8 Å². The number of sulfonamides is 1. The molecule has 0 atom stereocenters. The predicted octanol–water partition coefficient (Wildman–Crippen LogP) is 1.63. The molecule has 1 aliphatic rings. The Kier molecular flexibility index (Phi) is 4.41. The van der Waals surface area contributed by atoms with Gasteiger partial charge in [-0.3, -0.25) is 0 Å². The molecule has 1 saturated heterocycles. The molecule has 0 amide bonds. The van der Waals surface area contributed by atoms with E-state index in [9.17, 15) is 17.2 Å². The molecule has 2 N–H and O–H groups in total. The summed E-state index contributed by atoms with van der Waals surface area (Å²) in [6.45, 7) is 3.94. The molecule has 4 nitrogen and oxygen atoms in total. The second-order valence-corrected chi connectivity index (χ2v) is 7.26. The van der Waals surface area contributed by atoms with Crippen molar-refractivity contribution >= 4 is 10.0 Å². The van der Waals surface area contributed by atoms with Crippen LogP contribution in [0.5, 0.6) is 0 Å². The molecule has 0 radical (unpaired) electrons. The van der Waals surface area contributed by atoms with Crippen LogP contribution < -0.4 is 10.0 Å². The average Bonchev–Trinajstić information content (AvgIpc) is 2.37. The van der Waals surface area contributed by atoms with E-state index in [1.54, 1.807) is 0 Å². The molecule has 1 fully saturated rings. The summed E-state index contributed by atoms with van der Waals surface area (Å²) in [5, 5.41) is 3.21. The highest BCUT2D eigenvalue weighted by Crippen LogP contribution is 2.27. The van der Waals surface area contributed by atoms with Gasteiger partial charge < -0.3 is 5.32 Å². The quantitative estimate of drug-likeness (QED) is 0.889. The van der Waals surface area contributed by atoms with E-state index < -0.39 is 21.7 Å². The number of hydrogen-bond donors (Lipinski definition) is 2. The van der Waals surface area contributed by atoms with Crippen molar-refractivity contribution < 1.29 is 17.2 Å². The first-order valence-electron chi connectivity index (χ1n) is 6.47. The minimum Gasteiger partial charge on any atom is -0.317 e. The molecular weight excluding hydrogens is 286 g/mol. The monoisotopic (exact) mass is 304 g/mol. The summed E-state index contributed by atoms with van der Waals surface area (Å²) in [7, 11) is -3.89. The second kappa shape index (κ2) is 5.75. The number of hydrogen-bond acceptors (Lipinski definition) is 3. The SMILES string of the molecule is CC1(CNS(=O)(=O)c2cc(F)cc(F)c2)CCNCC1. The number of nitrogens with one attached hydrogen (secondary N) is 2. The molecule has 1 aliphatic heterocycles. The second-order valence-electron chi connectivity index (χ2n) is 5.49. The summed E-state index contributed by atoms with van der Waals surface area (Å²) in [4.78, 5) is -0.382. The van der Waals surface area contributed by atoms with E-state index in [0.717, 1.165) is 38.1 Å². The molecule has 1 heterocycles. The van der Waals surface area contributed by atoms with Gasteiger partial charge >= 0.3 is 0 Å². The molecule has 0 bridgehead atoms. The van der Waals surface area contributed by atoms with E-state index in [4.69, 9.17) is 0 Å². The topological polar surface area (TPSA) is 58.2 Å². The van der Waals surface area contributed by atoms with Gasteiger partial charge in [0.15, 0.2) is 0 Å².